The van der Waals surface area contributed by atoms with Crippen LogP contribution >= 0.6 is 0 Å². The lowest BCUT2D eigenvalue weighted by Gasteiger charge is -2.17. The third-order valence-electron chi connectivity index (χ3n) is 4.39. The van der Waals surface area contributed by atoms with Crippen LogP contribution in [-0.2, 0) is 0 Å². The van der Waals surface area contributed by atoms with Gasteiger partial charge in [0.1, 0.15) is 0 Å². The van der Waals surface area contributed by atoms with Crippen molar-refractivity contribution in [3.63, 3.8) is 0 Å². The Labute approximate surface area is 126 Å². The molecule has 1 aliphatic carbocycles. The minimum Gasteiger partial charge on any atom is -0.423 e. The Bertz CT molecular complexity index is 557. The summed E-state index contributed by atoms with van der Waals surface area (Å²) in [5.41, 5.74) is 3.41. The summed E-state index contributed by atoms with van der Waals surface area (Å²) in [6, 6.07) is 6.25. The highest BCUT2D eigenvalue weighted by molar-refractivity contribution is 5.62. The topological polar surface area (TPSA) is 51.0 Å². The molecule has 1 aliphatic rings. The Morgan fingerprint density at radius 2 is 2.00 bits per heavy atom. The van der Waals surface area contributed by atoms with E-state index in [-0.39, 0.29) is 0 Å². The maximum Gasteiger partial charge on any atom is 0.247 e. The molecule has 0 saturated heterocycles. The molecule has 21 heavy (non-hydrogen) atoms. The molecule has 1 heterocycles. The molecule has 2 aromatic rings. The summed E-state index contributed by atoms with van der Waals surface area (Å²) in [7, 11) is 0. The van der Waals surface area contributed by atoms with Crippen molar-refractivity contribution in [2.45, 2.75) is 45.4 Å². The van der Waals surface area contributed by atoms with Crippen LogP contribution in [0.3, 0.4) is 0 Å². The Hall–Kier alpha value is -1.84. The fourth-order valence-electron chi connectivity index (χ4n) is 3.12. The monoisotopic (exact) mass is 285 g/mol. The van der Waals surface area contributed by atoms with E-state index in [4.69, 9.17) is 4.42 Å². The summed E-state index contributed by atoms with van der Waals surface area (Å²) in [6.07, 6.45) is 9.70. The van der Waals surface area contributed by atoms with Crippen LogP contribution in [0.1, 0.15) is 44.1 Å². The fraction of sp³-hybridized carbons (Fsp3) is 0.529. The van der Waals surface area contributed by atoms with Crippen molar-refractivity contribution in [1.29, 1.82) is 0 Å². The molecule has 0 radical (unpaired) electrons. The minimum atomic E-state index is 0.577. The van der Waals surface area contributed by atoms with Gasteiger partial charge >= 0.3 is 0 Å². The van der Waals surface area contributed by atoms with Gasteiger partial charge in [0.25, 0.3) is 0 Å². The molecule has 112 valence electrons. The van der Waals surface area contributed by atoms with Crippen LogP contribution in [0.2, 0.25) is 0 Å². The van der Waals surface area contributed by atoms with E-state index in [9.17, 15) is 0 Å². The molecule has 1 N–H and O–H groups in total. The average Bonchev–Trinajstić information content (AvgIpc) is 2.90. The van der Waals surface area contributed by atoms with E-state index in [1.165, 1.54) is 56.2 Å². The SMILES string of the molecule is Cc1cc(-c2nnco2)ccc1NCC1CCCCCC1. The Morgan fingerprint density at radius 1 is 1.19 bits per heavy atom. The Kier molecular flexibility index (Phi) is 4.53. The molecule has 0 atom stereocenters. The number of anilines is 1. The summed E-state index contributed by atoms with van der Waals surface area (Å²) >= 11 is 0. The van der Waals surface area contributed by atoms with Crippen molar-refractivity contribution in [3.8, 4) is 11.5 Å². The van der Waals surface area contributed by atoms with Gasteiger partial charge in [0.05, 0.1) is 0 Å². The molecule has 4 heteroatoms. The van der Waals surface area contributed by atoms with Gasteiger partial charge < -0.3 is 9.73 Å². The van der Waals surface area contributed by atoms with Gasteiger partial charge in [0.2, 0.25) is 12.3 Å². The van der Waals surface area contributed by atoms with E-state index in [1.54, 1.807) is 0 Å². The van der Waals surface area contributed by atoms with Gasteiger partial charge in [-0.05, 0) is 49.4 Å². The Balaban J connectivity index is 1.63. The van der Waals surface area contributed by atoms with Crippen molar-refractivity contribution in [1.82, 2.24) is 10.2 Å². The van der Waals surface area contributed by atoms with Crippen LogP contribution in [0.15, 0.2) is 29.0 Å². The summed E-state index contributed by atoms with van der Waals surface area (Å²) in [5.74, 6) is 1.40. The molecule has 1 aromatic heterocycles. The van der Waals surface area contributed by atoms with E-state index in [0.717, 1.165) is 18.0 Å². The maximum atomic E-state index is 5.24. The predicted molar refractivity (Wildman–Crippen MR) is 84.2 cm³/mol. The molecular weight excluding hydrogens is 262 g/mol. The molecule has 4 nitrogen and oxygen atoms in total. The van der Waals surface area contributed by atoms with Gasteiger partial charge in [-0.2, -0.15) is 0 Å². The molecule has 0 spiro atoms. The van der Waals surface area contributed by atoms with E-state index in [0.29, 0.717) is 5.89 Å². The zero-order valence-electron chi connectivity index (χ0n) is 12.6. The lowest BCUT2D eigenvalue weighted by atomic mass is 10.00. The Morgan fingerprint density at radius 3 is 2.67 bits per heavy atom. The fourth-order valence-corrected chi connectivity index (χ4v) is 3.12. The molecule has 3 rings (SSSR count). The van der Waals surface area contributed by atoms with E-state index >= 15 is 0 Å². The van der Waals surface area contributed by atoms with Gasteiger partial charge in [-0.3, -0.25) is 0 Å². The molecule has 0 amide bonds. The highest BCUT2D eigenvalue weighted by Gasteiger charge is 2.12. The van der Waals surface area contributed by atoms with Crippen LogP contribution < -0.4 is 5.32 Å². The number of nitrogens with zero attached hydrogens (tertiary/aromatic N) is 2. The highest BCUT2D eigenvalue weighted by atomic mass is 16.4. The number of rotatable bonds is 4. The normalized spacial score (nSPS) is 16.6. The molecular formula is C17H23N3O. The summed E-state index contributed by atoms with van der Waals surface area (Å²) in [5, 5.41) is 11.3. The van der Waals surface area contributed by atoms with Crippen LogP contribution in [-0.4, -0.2) is 16.7 Å². The summed E-state index contributed by atoms with van der Waals surface area (Å²) in [6.45, 7) is 3.20. The van der Waals surface area contributed by atoms with Crippen LogP contribution in [0.5, 0.6) is 0 Å². The molecule has 0 unspecified atom stereocenters. The van der Waals surface area contributed by atoms with Gasteiger partial charge in [-0.15, -0.1) is 10.2 Å². The van der Waals surface area contributed by atoms with Gasteiger partial charge in [-0.1, -0.05) is 25.7 Å². The predicted octanol–water partition coefficient (Wildman–Crippen LogP) is 4.43. The van der Waals surface area contributed by atoms with Gasteiger partial charge in [-0.25, -0.2) is 0 Å². The van der Waals surface area contributed by atoms with Crippen molar-refractivity contribution >= 4 is 5.69 Å². The maximum absolute atomic E-state index is 5.24. The second kappa shape index (κ2) is 6.74. The zero-order chi connectivity index (χ0) is 14.5. The van der Waals surface area contributed by atoms with E-state index < -0.39 is 0 Å². The molecule has 1 aromatic carbocycles. The third-order valence-corrected chi connectivity index (χ3v) is 4.39. The minimum absolute atomic E-state index is 0.577. The smallest absolute Gasteiger partial charge is 0.247 e. The van der Waals surface area contributed by atoms with Crippen molar-refractivity contribution in [2.75, 3.05) is 11.9 Å². The highest BCUT2D eigenvalue weighted by Crippen LogP contribution is 2.26. The zero-order valence-corrected chi connectivity index (χ0v) is 12.6. The van der Waals surface area contributed by atoms with Crippen molar-refractivity contribution in [3.05, 3.63) is 30.2 Å². The molecule has 0 aliphatic heterocycles. The number of aromatic nitrogens is 2. The third kappa shape index (κ3) is 3.63. The lowest BCUT2D eigenvalue weighted by Crippen LogP contribution is -2.14. The standard InChI is InChI=1S/C17H23N3O/c1-13-10-15(17-20-19-12-21-17)8-9-16(13)18-11-14-6-4-2-3-5-7-14/h8-10,12,14,18H,2-7,11H2,1H3. The van der Waals surface area contributed by atoms with Gasteiger partial charge in [0.15, 0.2) is 0 Å². The van der Waals surface area contributed by atoms with Crippen LogP contribution in [0, 0.1) is 12.8 Å². The first-order valence-electron chi connectivity index (χ1n) is 7.94. The first-order valence-corrected chi connectivity index (χ1v) is 7.94. The molecule has 1 saturated carbocycles. The second-order valence-corrected chi connectivity index (χ2v) is 6.01. The molecule has 1 fully saturated rings. The van der Waals surface area contributed by atoms with E-state index in [1.807, 2.05) is 6.07 Å². The lowest BCUT2D eigenvalue weighted by molar-refractivity contribution is 0.483. The van der Waals surface area contributed by atoms with Crippen LogP contribution in [0.4, 0.5) is 5.69 Å². The number of aryl methyl sites for hydroxylation is 1. The van der Waals surface area contributed by atoms with E-state index in [2.05, 4.69) is 34.6 Å². The van der Waals surface area contributed by atoms with Crippen molar-refractivity contribution < 1.29 is 4.42 Å². The van der Waals surface area contributed by atoms with Gasteiger partial charge in [0, 0.05) is 17.8 Å². The molecule has 0 bridgehead atoms. The second-order valence-electron chi connectivity index (χ2n) is 6.01. The first kappa shape index (κ1) is 14.1. The summed E-state index contributed by atoms with van der Waals surface area (Å²) in [4.78, 5) is 0. The number of hydrogen-bond acceptors (Lipinski definition) is 4. The average molecular weight is 285 g/mol. The largest absolute Gasteiger partial charge is 0.423 e. The van der Waals surface area contributed by atoms with Crippen molar-refractivity contribution in [2.24, 2.45) is 5.92 Å². The van der Waals surface area contributed by atoms with Crippen LogP contribution in [0.25, 0.3) is 11.5 Å². The summed E-state index contributed by atoms with van der Waals surface area (Å²) < 4.78 is 5.24. The number of nitrogens with one attached hydrogen (secondary N) is 1. The number of benzene rings is 1. The first-order chi connectivity index (χ1) is 10.3. The number of hydrogen-bond donors (Lipinski definition) is 1. The quantitative estimate of drug-likeness (QED) is 0.844.